The summed E-state index contributed by atoms with van der Waals surface area (Å²) in [5, 5.41) is 14.3. The zero-order chi connectivity index (χ0) is 19.7. The zero-order valence-electron chi connectivity index (χ0n) is 16.3. The fraction of sp³-hybridized carbons (Fsp3) is 0.476. The summed E-state index contributed by atoms with van der Waals surface area (Å²) in [5.41, 5.74) is 0.539. The Morgan fingerprint density at radius 2 is 2.07 bits per heavy atom. The highest BCUT2D eigenvalue weighted by atomic mass is 16.5. The molecule has 0 unspecified atom stereocenters. The van der Waals surface area contributed by atoms with Crippen LogP contribution in [0.1, 0.15) is 32.3 Å². The van der Waals surface area contributed by atoms with E-state index in [1.807, 2.05) is 36.9 Å². The van der Waals surface area contributed by atoms with Crippen LogP contribution in [-0.2, 0) is 0 Å². The van der Waals surface area contributed by atoms with Gasteiger partial charge in [-0.1, -0.05) is 0 Å². The molecule has 28 heavy (non-hydrogen) atoms. The number of piperidine rings is 1. The zero-order valence-corrected chi connectivity index (χ0v) is 16.3. The second-order valence-electron chi connectivity index (χ2n) is 7.63. The molecular formula is C21H25N5O2. The average Bonchev–Trinajstić information content (AvgIpc) is 3.12. The molecule has 0 spiro atoms. The molecule has 0 radical (unpaired) electrons. The molecule has 0 saturated carbocycles. The number of carbonyl (C=O) groups excluding carboxylic acids is 1. The lowest BCUT2D eigenvalue weighted by Crippen LogP contribution is -2.46. The van der Waals surface area contributed by atoms with Crippen LogP contribution in [0.3, 0.4) is 0 Å². The van der Waals surface area contributed by atoms with Gasteiger partial charge in [0.05, 0.1) is 11.7 Å². The van der Waals surface area contributed by atoms with Crippen molar-refractivity contribution in [2.75, 3.05) is 31.1 Å². The number of nitrogens with zero attached hydrogens (tertiary/aromatic N) is 4. The van der Waals surface area contributed by atoms with Gasteiger partial charge in [0.1, 0.15) is 17.6 Å². The minimum atomic E-state index is -0.00739. The summed E-state index contributed by atoms with van der Waals surface area (Å²) < 4.78 is 5.86. The fourth-order valence-electron chi connectivity index (χ4n) is 4.10. The van der Waals surface area contributed by atoms with Crippen molar-refractivity contribution in [3.63, 3.8) is 0 Å². The van der Waals surface area contributed by atoms with E-state index in [1.54, 1.807) is 6.20 Å². The number of amides is 2. The molecule has 2 fully saturated rings. The molecule has 3 heterocycles. The van der Waals surface area contributed by atoms with Crippen LogP contribution in [0.4, 0.5) is 10.6 Å². The van der Waals surface area contributed by atoms with Crippen LogP contribution in [-0.4, -0.2) is 54.2 Å². The van der Waals surface area contributed by atoms with Gasteiger partial charge >= 0.3 is 6.03 Å². The minimum absolute atomic E-state index is 0.00739. The Morgan fingerprint density at radius 3 is 2.71 bits per heavy atom. The minimum Gasteiger partial charge on any atom is -0.490 e. The monoisotopic (exact) mass is 379 g/mol. The van der Waals surface area contributed by atoms with Crippen LogP contribution in [0.2, 0.25) is 0 Å². The van der Waals surface area contributed by atoms with Crippen LogP contribution in [0.25, 0.3) is 10.8 Å². The van der Waals surface area contributed by atoms with Gasteiger partial charge in [0.25, 0.3) is 0 Å². The number of nitrogens with one attached hydrogen (secondary N) is 1. The molecule has 1 aromatic heterocycles. The van der Waals surface area contributed by atoms with Gasteiger partial charge in [-0.3, -0.25) is 0 Å². The summed E-state index contributed by atoms with van der Waals surface area (Å²) in [6, 6.07) is 8.32. The number of pyridine rings is 1. The van der Waals surface area contributed by atoms with Gasteiger partial charge in [-0.05, 0) is 50.3 Å². The van der Waals surface area contributed by atoms with E-state index in [-0.39, 0.29) is 12.1 Å². The molecule has 2 saturated heterocycles. The van der Waals surface area contributed by atoms with Gasteiger partial charge in [-0.15, -0.1) is 0 Å². The molecule has 0 atom stereocenters. The molecule has 2 amide bonds. The summed E-state index contributed by atoms with van der Waals surface area (Å²) in [7, 11) is 0. The molecule has 7 heteroatoms. The van der Waals surface area contributed by atoms with Gasteiger partial charge in [-0.2, -0.15) is 5.26 Å². The number of hydrogen-bond acceptors (Lipinski definition) is 5. The number of hydrogen-bond donors (Lipinski definition) is 1. The van der Waals surface area contributed by atoms with Gasteiger partial charge < -0.3 is 19.9 Å². The summed E-state index contributed by atoms with van der Waals surface area (Å²) >= 11 is 0. The quantitative estimate of drug-likeness (QED) is 0.883. The smallest absolute Gasteiger partial charge is 0.317 e. The average molecular weight is 379 g/mol. The molecule has 2 aromatic rings. The Bertz CT molecular complexity index is 928. The number of anilines is 1. The number of urea groups is 1. The summed E-state index contributed by atoms with van der Waals surface area (Å²) in [5.74, 6) is 1.52. The number of benzene rings is 1. The van der Waals surface area contributed by atoms with Gasteiger partial charge in [0.2, 0.25) is 0 Å². The molecule has 2 aliphatic heterocycles. The molecule has 1 N–H and O–H groups in total. The Hall–Kier alpha value is -3.01. The second-order valence-corrected chi connectivity index (χ2v) is 7.63. The van der Waals surface area contributed by atoms with E-state index in [0.29, 0.717) is 17.4 Å². The van der Waals surface area contributed by atoms with Gasteiger partial charge in [0.15, 0.2) is 0 Å². The maximum atomic E-state index is 11.9. The van der Waals surface area contributed by atoms with Crippen molar-refractivity contribution in [3.8, 4) is 11.8 Å². The van der Waals surface area contributed by atoms with E-state index >= 15 is 0 Å². The van der Waals surface area contributed by atoms with E-state index in [9.17, 15) is 10.1 Å². The molecular weight excluding hydrogens is 354 g/mol. The predicted molar refractivity (Wildman–Crippen MR) is 108 cm³/mol. The van der Waals surface area contributed by atoms with Crippen molar-refractivity contribution in [1.29, 1.82) is 5.26 Å². The Morgan fingerprint density at radius 1 is 1.29 bits per heavy atom. The van der Waals surface area contributed by atoms with Crippen molar-refractivity contribution in [2.24, 2.45) is 0 Å². The number of ether oxygens (including phenoxy) is 1. The van der Waals surface area contributed by atoms with Crippen LogP contribution in [0, 0.1) is 11.3 Å². The van der Waals surface area contributed by atoms with Gasteiger partial charge in [0, 0.05) is 43.8 Å². The van der Waals surface area contributed by atoms with Crippen molar-refractivity contribution in [2.45, 2.75) is 38.8 Å². The van der Waals surface area contributed by atoms with Crippen LogP contribution in [0.5, 0.6) is 5.75 Å². The van der Waals surface area contributed by atoms with E-state index in [2.05, 4.69) is 21.3 Å². The van der Waals surface area contributed by atoms with E-state index < -0.39 is 0 Å². The van der Waals surface area contributed by atoms with Crippen LogP contribution >= 0.6 is 0 Å². The number of carbonyl (C=O) groups is 1. The number of aromatic nitrogens is 1. The Labute approximate surface area is 164 Å². The second kappa shape index (κ2) is 7.55. The topological polar surface area (TPSA) is 81.5 Å². The normalized spacial score (nSPS) is 17.9. The molecule has 1 aromatic carbocycles. The number of nitriles is 1. The first-order valence-corrected chi connectivity index (χ1v) is 9.85. The van der Waals surface area contributed by atoms with Crippen LogP contribution in [0.15, 0.2) is 24.4 Å². The van der Waals surface area contributed by atoms with E-state index in [0.717, 1.165) is 55.6 Å². The summed E-state index contributed by atoms with van der Waals surface area (Å²) in [6.45, 7) is 7.14. The molecule has 2 aliphatic rings. The van der Waals surface area contributed by atoms with Gasteiger partial charge in [-0.25, -0.2) is 9.78 Å². The molecule has 0 aliphatic carbocycles. The molecule has 7 nitrogen and oxygen atoms in total. The van der Waals surface area contributed by atoms with Crippen molar-refractivity contribution in [3.05, 3.63) is 30.0 Å². The largest absolute Gasteiger partial charge is 0.490 e. The maximum absolute atomic E-state index is 11.9. The van der Waals surface area contributed by atoms with Crippen molar-refractivity contribution < 1.29 is 9.53 Å². The third kappa shape index (κ3) is 3.42. The highest BCUT2D eigenvalue weighted by Crippen LogP contribution is 2.33. The van der Waals surface area contributed by atoms with E-state index in [4.69, 9.17) is 4.74 Å². The highest BCUT2D eigenvalue weighted by molar-refractivity contribution is 5.94. The molecule has 0 bridgehead atoms. The lowest BCUT2D eigenvalue weighted by molar-refractivity contribution is 0.186. The SMILES string of the molecule is CC(C)Oc1cc2c(N3CCC(N4CCNC4=O)CC3)nccc2cc1C#N. The molecule has 4 rings (SSSR count). The standard InChI is InChI=1S/C21H25N5O2/c1-14(2)28-19-12-18-15(11-16(19)13-22)3-6-23-20(18)25-8-4-17(5-9-25)26-10-7-24-21(26)27/h3,6,11-12,14,17H,4-5,7-10H2,1-2H3,(H,24,27). The lowest BCUT2D eigenvalue weighted by atomic mass is 10.0. The van der Waals surface area contributed by atoms with Crippen molar-refractivity contribution in [1.82, 2.24) is 15.2 Å². The Kier molecular flexibility index (Phi) is 4.95. The Balaban J connectivity index is 1.60. The summed E-state index contributed by atoms with van der Waals surface area (Å²) in [6.07, 6.45) is 3.64. The predicted octanol–water partition coefficient (Wildman–Crippen LogP) is 2.89. The first kappa shape index (κ1) is 18.4. The van der Waals surface area contributed by atoms with Crippen molar-refractivity contribution >= 4 is 22.6 Å². The third-order valence-electron chi connectivity index (χ3n) is 5.42. The first-order valence-electron chi connectivity index (χ1n) is 9.85. The number of fused-ring (bicyclic) bond motifs is 1. The highest BCUT2D eigenvalue weighted by Gasteiger charge is 2.31. The maximum Gasteiger partial charge on any atom is 0.317 e. The van der Waals surface area contributed by atoms with E-state index in [1.165, 1.54) is 0 Å². The first-order chi connectivity index (χ1) is 13.6. The third-order valence-corrected chi connectivity index (χ3v) is 5.42. The number of rotatable bonds is 4. The lowest BCUT2D eigenvalue weighted by Gasteiger charge is -2.37. The fourth-order valence-corrected chi connectivity index (χ4v) is 4.10. The van der Waals surface area contributed by atoms with Crippen LogP contribution < -0.4 is 15.0 Å². The summed E-state index contributed by atoms with van der Waals surface area (Å²) in [4.78, 5) is 20.8. The molecule has 146 valence electrons.